The third kappa shape index (κ3) is 6.06. The Kier molecular flexibility index (Phi) is 8.27. The van der Waals surface area contributed by atoms with Gasteiger partial charge in [-0.1, -0.05) is 66.8 Å². The molecular weight excluding hydrogens is 472 g/mol. The molecule has 3 aromatic carbocycles. The van der Waals surface area contributed by atoms with Crippen LogP contribution in [0, 0.1) is 11.3 Å². The molecule has 1 heterocycles. The summed E-state index contributed by atoms with van der Waals surface area (Å²) in [5, 5.41) is 23.8. The largest absolute Gasteiger partial charge is 0.490 e. The Morgan fingerprint density at radius 3 is 2.69 bits per heavy atom. The van der Waals surface area contributed by atoms with E-state index in [1.807, 2.05) is 44.2 Å². The van der Waals surface area contributed by atoms with Crippen LogP contribution in [0.3, 0.4) is 0 Å². The second-order valence-electron chi connectivity index (χ2n) is 7.94. The molecule has 36 heavy (non-hydrogen) atoms. The predicted molar refractivity (Wildman–Crippen MR) is 142 cm³/mol. The monoisotopic (exact) mass is 498 g/mol. The number of nitriles is 1. The average Bonchev–Trinajstić information content (AvgIpc) is 3.33. The molecule has 0 bridgehead atoms. The first-order valence-electron chi connectivity index (χ1n) is 11.7. The lowest BCUT2D eigenvalue weighted by atomic mass is 10.1. The van der Waals surface area contributed by atoms with Crippen LogP contribution in [-0.2, 0) is 17.8 Å². The molecule has 1 amide bonds. The van der Waals surface area contributed by atoms with Crippen molar-refractivity contribution in [2.24, 2.45) is 0 Å². The van der Waals surface area contributed by atoms with Crippen molar-refractivity contribution >= 4 is 39.2 Å². The number of carbonyl (C=O) groups excluding carboxylic acids is 1. The fourth-order valence-corrected chi connectivity index (χ4v) is 4.51. The first kappa shape index (κ1) is 24.9. The zero-order valence-electron chi connectivity index (χ0n) is 20.2. The summed E-state index contributed by atoms with van der Waals surface area (Å²) in [6.45, 7) is 4.76. The molecule has 0 aliphatic carbocycles. The smallest absolute Gasteiger partial charge is 0.268 e. The van der Waals surface area contributed by atoms with Gasteiger partial charge in [-0.15, -0.1) is 10.2 Å². The highest BCUT2D eigenvalue weighted by atomic mass is 32.1. The minimum absolute atomic E-state index is 0.0471. The van der Waals surface area contributed by atoms with Crippen LogP contribution < -0.4 is 14.8 Å². The van der Waals surface area contributed by atoms with Crippen LogP contribution >= 0.6 is 11.3 Å². The van der Waals surface area contributed by atoms with E-state index in [4.69, 9.17) is 9.47 Å². The highest BCUT2D eigenvalue weighted by molar-refractivity contribution is 7.15. The van der Waals surface area contributed by atoms with Crippen LogP contribution in [-0.4, -0.2) is 22.7 Å². The highest BCUT2D eigenvalue weighted by Gasteiger charge is 2.14. The molecule has 1 N–H and O–H groups in total. The summed E-state index contributed by atoms with van der Waals surface area (Å²) in [5.41, 5.74) is 1.67. The molecule has 0 radical (unpaired) electrons. The first-order valence-corrected chi connectivity index (χ1v) is 12.5. The number of nitrogens with zero attached hydrogens (tertiary/aromatic N) is 3. The number of aryl methyl sites for hydroxylation is 1. The van der Waals surface area contributed by atoms with Gasteiger partial charge in [-0.05, 0) is 53.5 Å². The van der Waals surface area contributed by atoms with Crippen molar-refractivity contribution in [1.82, 2.24) is 10.2 Å². The van der Waals surface area contributed by atoms with E-state index >= 15 is 0 Å². The lowest BCUT2D eigenvalue weighted by Gasteiger charge is -2.14. The van der Waals surface area contributed by atoms with Crippen LogP contribution in [0.1, 0.15) is 36.4 Å². The minimum atomic E-state index is -0.536. The number of amides is 1. The summed E-state index contributed by atoms with van der Waals surface area (Å²) in [6, 6.07) is 21.6. The molecule has 0 saturated carbocycles. The molecule has 0 saturated heterocycles. The molecule has 0 aliphatic heterocycles. The topological polar surface area (TPSA) is 97.1 Å². The van der Waals surface area contributed by atoms with E-state index in [0.29, 0.717) is 35.4 Å². The maximum Gasteiger partial charge on any atom is 0.268 e. The Balaban J connectivity index is 1.51. The lowest BCUT2D eigenvalue weighted by Crippen LogP contribution is -2.13. The fourth-order valence-electron chi connectivity index (χ4n) is 3.67. The van der Waals surface area contributed by atoms with Gasteiger partial charge in [0, 0.05) is 6.42 Å². The minimum Gasteiger partial charge on any atom is -0.490 e. The summed E-state index contributed by atoms with van der Waals surface area (Å²) < 4.78 is 11.9. The van der Waals surface area contributed by atoms with E-state index in [1.165, 1.54) is 17.4 Å². The van der Waals surface area contributed by atoms with Gasteiger partial charge in [-0.3, -0.25) is 10.1 Å². The normalized spacial score (nSPS) is 11.2. The van der Waals surface area contributed by atoms with Crippen LogP contribution in [0.25, 0.3) is 16.8 Å². The Morgan fingerprint density at radius 2 is 1.89 bits per heavy atom. The molecule has 7 nitrogen and oxygen atoms in total. The molecule has 4 rings (SSSR count). The Morgan fingerprint density at radius 1 is 1.06 bits per heavy atom. The van der Waals surface area contributed by atoms with Gasteiger partial charge >= 0.3 is 0 Å². The van der Waals surface area contributed by atoms with Crippen molar-refractivity contribution in [1.29, 1.82) is 5.26 Å². The predicted octanol–water partition coefficient (Wildman–Crippen LogP) is 6.17. The fraction of sp³-hybridized carbons (Fsp3) is 0.214. The maximum atomic E-state index is 12.6. The lowest BCUT2D eigenvalue weighted by molar-refractivity contribution is -0.112. The summed E-state index contributed by atoms with van der Waals surface area (Å²) in [4.78, 5) is 12.6. The van der Waals surface area contributed by atoms with Crippen molar-refractivity contribution in [2.45, 2.75) is 33.3 Å². The summed E-state index contributed by atoms with van der Waals surface area (Å²) in [6.07, 6.45) is 3.25. The zero-order chi connectivity index (χ0) is 25.3. The Labute approximate surface area is 214 Å². The second kappa shape index (κ2) is 12.0. The van der Waals surface area contributed by atoms with Gasteiger partial charge in [-0.25, -0.2) is 0 Å². The van der Waals surface area contributed by atoms with E-state index in [0.717, 1.165) is 34.2 Å². The van der Waals surface area contributed by atoms with E-state index in [9.17, 15) is 10.1 Å². The molecule has 0 spiro atoms. The van der Waals surface area contributed by atoms with Crippen LogP contribution in [0.5, 0.6) is 11.5 Å². The van der Waals surface area contributed by atoms with Crippen LogP contribution in [0.4, 0.5) is 5.13 Å². The number of anilines is 1. The molecule has 0 aliphatic rings. The summed E-state index contributed by atoms with van der Waals surface area (Å²) in [7, 11) is 0. The van der Waals surface area contributed by atoms with Gasteiger partial charge in [-0.2, -0.15) is 5.26 Å². The van der Waals surface area contributed by atoms with Gasteiger partial charge in [0.1, 0.15) is 23.3 Å². The van der Waals surface area contributed by atoms with E-state index in [1.54, 1.807) is 18.2 Å². The average molecular weight is 499 g/mol. The van der Waals surface area contributed by atoms with Gasteiger partial charge in [0.15, 0.2) is 11.5 Å². The third-order valence-electron chi connectivity index (χ3n) is 5.36. The van der Waals surface area contributed by atoms with Crippen molar-refractivity contribution < 1.29 is 14.3 Å². The number of fused-ring (bicyclic) bond motifs is 1. The van der Waals surface area contributed by atoms with E-state index < -0.39 is 5.91 Å². The Bertz CT molecular complexity index is 1430. The second-order valence-corrected chi connectivity index (χ2v) is 9.00. The molecular formula is C28H26N4O3S. The molecule has 0 atom stereocenters. The van der Waals surface area contributed by atoms with E-state index in [-0.39, 0.29) is 5.57 Å². The van der Waals surface area contributed by atoms with Crippen LogP contribution in [0.2, 0.25) is 0 Å². The van der Waals surface area contributed by atoms with Gasteiger partial charge < -0.3 is 9.47 Å². The number of aromatic nitrogens is 2. The Hall–Kier alpha value is -4.22. The van der Waals surface area contributed by atoms with E-state index in [2.05, 4.69) is 33.7 Å². The quantitative estimate of drug-likeness (QED) is 0.208. The number of nitrogens with one attached hydrogen (secondary N) is 1. The van der Waals surface area contributed by atoms with Crippen molar-refractivity contribution in [3.63, 3.8) is 0 Å². The molecule has 4 aromatic rings. The first-order chi connectivity index (χ1) is 17.6. The number of hydrogen-bond acceptors (Lipinski definition) is 7. The molecule has 182 valence electrons. The van der Waals surface area contributed by atoms with Crippen molar-refractivity contribution in [3.05, 3.63) is 82.4 Å². The molecule has 8 heteroatoms. The number of carbonyl (C=O) groups is 1. The zero-order valence-corrected chi connectivity index (χ0v) is 21.0. The van der Waals surface area contributed by atoms with Crippen LogP contribution in [0.15, 0.2) is 66.2 Å². The van der Waals surface area contributed by atoms with Gasteiger partial charge in [0.25, 0.3) is 5.91 Å². The SMILES string of the molecule is CCCc1nnc(NC(=O)/C(C#N)=C\c2ccc(OCc3cccc4ccccc34)c(OCC)c2)s1. The van der Waals surface area contributed by atoms with Crippen molar-refractivity contribution in [3.8, 4) is 17.6 Å². The molecule has 0 fully saturated rings. The third-order valence-corrected chi connectivity index (χ3v) is 6.26. The highest BCUT2D eigenvalue weighted by Crippen LogP contribution is 2.31. The molecule has 0 unspecified atom stereocenters. The summed E-state index contributed by atoms with van der Waals surface area (Å²) >= 11 is 1.31. The number of benzene rings is 3. The van der Waals surface area contributed by atoms with Gasteiger partial charge in [0.2, 0.25) is 5.13 Å². The summed E-state index contributed by atoms with van der Waals surface area (Å²) in [5.74, 6) is 0.589. The van der Waals surface area contributed by atoms with Gasteiger partial charge in [0.05, 0.1) is 6.61 Å². The number of hydrogen-bond donors (Lipinski definition) is 1. The standard InChI is InChI=1S/C28H26N4O3S/c1-3-8-26-31-32-28(36-26)30-27(33)22(17-29)15-19-13-14-24(25(16-19)34-4-2)35-18-21-11-7-10-20-9-5-6-12-23(20)21/h5-7,9-16H,3-4,8,18H2,1-2H3,(H,30,32,33)/b22-15-. The molecule has 1 aromatic heterocycles. The number of rotatable bonds is 10. The maximum absolute atomic E-state index is 12.6. The number of ether oxygens (including phenoxy) is 2. The van der Waals surface area contributed by atoms with Crippen molar-refractivity contribution in [2.75, 3.05) is 11.9 Å².